The molecule has 1 fully saturated rings. The number of amides is 2. The van der Waals surface area contributed by atoms with Gasteiger partial charge >= 0.3 is 12.2 Å². The second-order valence-corrected chi connectivity index (χ2v) is 11.6. The van der Waals surface area contributed by atoms with E-state index in [1.807, 2.05) is 37.3 Å². The van der Waals surface area contributed by atoms with E-state index in [0.29, 0.717) is 37.6 Å². The zero-order valence-corrected chi connectivity index (χ0v) is 24.7. The lowest BCUT2D eigenvalue weighted by Crippen LogP contribution is -2.56. The van der Waals surface area contributed by atoms with Gasteiger partial charge in [-0.15, -0.1) is 0 Å². The average Bonchev–Trinajstić information content (AvgIpc) is 2.86. The second kappa shape index (κ2) is 12.4. The third kappa shape index (κ3) is 8.21. The SMILES string of the molecule is C=Cc1ccc(COc2ccc(N=C3N(C(=O)OC(C)(C)C)CCCN3C(=O)OC(C)(C)C)cc2C)cc1C=C. The van der Waals surface area contributed by atoms with Gasteiger partial charge in [0.25, 0.3) is 0 Å². The largest absolute Gasteiger partial charge is 0.489 e. The fourth-order valence-corrected chi connectivity index (χ4v) is 4.05. The molecule has 0 bridgehead atoms. The summed E-state index contributed by atoms with van der Waals surface area (Å²) in [6, 6.07) is 11.5. The highest BCUT2D eigenvalue weighted by molar-refractivity contribution is 6.03. The summed E-state index contributed by atoms with van der Waals surface area (Å²) < 4.78 is 17.3. The Morgan fingerprint density at radius 2 is 1.45 bits per heavy atom. The molecule has 2 aromatic rings. The van der Waals surface area contributed by atoms with E-state index in [4.69, 9.17) is 19.2 Å². The van der Waals surface area contributed by atoms with Gasteiger partial charge in [-0.2, -0.15) is 0 Å². The first-order valence-corrected chi connectivity index (χ1v) is 13.4. The lowest BCUT2D eigenvalue weighted by Gasteiger charge is -2.37. The molecule has 40 heavy (non-hydrogen) atoms. The Hall–Kier alpha value is -4.07. The Bertz CT molecular complexity index is 1260. The van der Waals surface area contributed by atoms with Gasteiger partial charge in [-0.3, -0.25) is 0 Å². The minimum atomic E-state index is -0.704. The highest BCUT2D eigenvalue weighted by atomic mass is 16.6. The molecule has 1 aliphatic heterocycles. The van der Waals surface area contributed by atoms with Crippen molar-refractivity contribution in [1.29, 1.82) is 0 Å². The number of carbonyl (C=O) groups is 2. The van der Waals surface area contributed by atoms with Crippen LogP contribution in [-0.4, -0.2) is 52.2 Å². The first kappa shape index (κ1) is 30.5. The Balaban J connectivity index is 1.89. The number of ether oxygens (including phenoxy) is 3. The number of nitrogens with zero attached hydrogens (tertiary/aromatic N) is 3. The third-order valence-corrected chi connectivity index (χ3v) is 5.85. The van der Waals surface area contributed by atoms with Crippen LogP contribution in [0.2, 0.25) is 0 Å². The number of aliphatic imine (C=N–C) groups is 1. The predicted octanol–water partition coefficient (Wildman–Crippen LogP) is 7.73. The fraction of sp³-hybridized carbons (Fsp3) is 0.406. The molecule has 0 atom stereocenters. The summed E-state index contributed by atoms with van der Waals surface area (Å²) in [5.74, 6) is 0.871. The van der Waals surface area contributed by atoms with Gasteiger partial charge in [0.05, 0.1) is 5.69 Å². The number of aryl methyl sites for hydroxylation is 1. The normalized spacial score (nSPS) is 13.9. The molecule has 1 aliphatic rings. The standard InChI is InChI=1S/C32H41N3O5/c1-10-24-14-13-23(20-25(24)11-2)21-38-27-16-15-26(19-22(27)3)33-28-34(29(36)39-31(4,5)6)17-12-18-35(28)30(37)40-32(7,8)9/h10-11,13-16,19-20H,1-2,12,17-18,21H2,3-9H3. The van der Waals surface area contributed by atoms with Crippen LogP contribution < -0.4 is 4.74 Å². The number of hydrogen-bond donors (Lipinski definition) is 0. The summed E-state index contributed by atoms with van der Waals surface area (Å²) in [7, 11) is 0. The molecule has 0 radical (unpaired) electrons. The molecule has 0 unspecified atom stereocenters. The van der Waals surface area contributed by atoms with Crippen LogP contribution >= 0.6 is 0 Å². The Morgan fingerprint density at radius 1 is 0.875 bits per heavy atom. The summed E-state index contributed by atoms with van der Waals surface area (Å²) in [4.78, 5) is 33.7. The maximum atomic E-state index is 13.1. The van der Waals surface area contributed by atoms with E-state index in [0.717, 1.165) is 22.3 Å². The molecule has 3 rings (SSSR count). The van der Waals surface area contributed by atoms with Gasteiger partial charge in [-0.25, -0.2) is 24.4 Å². The third-order valence-electron chi connectivity index (χ3n) is 5.85. The molecular weight excluding hydrogens is 506 g/mol. The topological polar surface area (TPSA) is 80.7 Å². The molecule has 0 saturated carbocycles. The quantitative estimate of drug-likeness (QED) is 0.370. The van der Waals surface area contributed by atoms with E-state index in [1.54, 1.807) is 59.8 Å². The maximum Gasteiger partial charge on any atom is 0.417 e. The highest BCUT2D eigenvalue weighted by Gasteiger charge is 2.37. The van der Waals surface area contributed by atoms with Gasteiger partial charge in [-0.05, 0) is 101 Å². The van der Waals surface area contributed by atoms with Crippen molar-refractivity contribution in [3.63, 3.8) is 0 Å². The van der Waals surface area contributed by atoms with Gasteiger partial charge in [-0.1, -0.05) is 37.4 Å². The first-order chi connectivity index (χ1) is 18.7. The van der Waals surface area contributed by atoms with Crippen molar-refractivity contribution >= 4 is 36.0 Å². The molecular formula is C32H41N3O5. The summed E-state index contributed by atoms with van der Waals surface area (Å²) >= 11 is 0. The second-order valence-electron chi connectivity index (χ2n) is 11.6. The molecule has 2 amide bonds. The molecule has 0 spiro atoms. The minimum Gasteiger partial charge on any atom is -0.489 e. The zero-order chi connectivity index (χ0) is 29.7. The fourth-order valence-electron chi connectivity index (χ4n) is 4.05. The highest BCUT2D eigenvalue weighted by Crippen LogP contribution is 2.27. The van der Waals surface area contributed by atoms with Crippen molar-refractivity contribution in [3.05, 3.63) is 71.8 Å². The van der Waals surface area contributed by atoms with Crippen LogP contribution in [0.15, 0.2) is 54.5 Å². The Morgan fingerprint density at radius 3 is 1.95 bits per heavy atom. The number of carbonyl (C=O) groups excluding carboxylic acids is 2. The van der Waals surface area contributed by atoms with Gasteiger partial charge in [0.15, 0.2) is 0 Å². The van der Waals surface area contributed by atoms with Gasteiger partial charge < -0.3 is 14.2 Å². The van der Waals surface area contributed by atoms with Gasteiger partial charge in [0.2, 0.25) is 5.96 Å². The summed E-state index contributed by atoms with van der Waals surface area (Å²) in [6.07, 6.45) is 3.01. The maximum absolute atomic E-state index is 13.1. The molecule has 1 heterocycles. The van der Waals surface area contributed by atoms with Crippen LogP contribution in [0.4, 0.5) is 15.3 Å². The van der Waals surface area contributed by atoms with E-state index < -0.39 is 23.4 Å². The molecule has 8 heteroatoms. The smallest absolute Gasteiger partial charge is 0.417 e. The summed E-state index contributed by atoms with van der Waals surface area (Å²) in [6.45, 7) is 21.5. The molecule has 0 aliphatic carbocycles. The Kier molecular flexibility index (Phi) is 9.45. The first-order valence-electron chi connectivity index (χ1n) is 13.4. The molecule has 1 saturated heterocycles. The van der Waals surface area contributed by atoms with E-state index in [1.165, 1.54) is 9.80 Å². The van der Waals surface area contributed by atoms with E-state index in [9.17, 15) is 9.59 Å². The average molecular weight is 548 g/mol. The number of rotatable bonds is 6. The van der Waals surface area contributed by atoms with Crippen molar-refractivity contribution in [3.8, 4) is 5.75 Å². The number of guanidine groups is 1. The van der Waals surface area contributed by atoms with Crippen molar-refractivity contribution < 1.29 is 23.8 Å². The summed E-state index contributed by atoms with van der Waals surface area (Å²) in [5.41, 5.74) is 3.03. The molecule has 2 aromatic carbocycles. The van der Waals surface area contributed by atoms with Crippen molar-refractivity contribution in [1.82, 2.24) is 9.80 Å². The minimum absolute atomic E-state index is 0.169. The molecule has 0 N–H and O–H groups in total. The van der Waals surface area contributed by atoms with Crippen LogP contribution in [-0.2, 0) is 16.1 Å². The monoisotopic (exact) mass is 547 g/mol. The van der Waals surface area contributed by atoms with Crippen molar-refractivity contribution in [2.45, 2.75) is 72.7 Å². The van der Waals surface area contributed by atoms with E-state index >= 15 is 0 Å². The van der Waals surface area contributed by atoms with Crippen molar-refractivity contribution in [2.24, 2.45) is 4.99 Å². The van der Waals surface area contributed by atoms with Crippen LogP contribution in [0, 0.1) is 6.92 Å². The van der Waals surface area contributed by atoms with Crippen LogP contribution in [0.25, 0.3) is 12.2 Å². The van der Waals surface area contributed by atoms with Crippen molar-refractivity contribution in [2.75, 3.05) is 13.1 Å². The van der Waals surface area contributed by atoms with Crippen LogP contribution in [0.5, 0.6) is 5.75 Å². The van der Waals surface area contributed by atoms with Crippen LogP contribution in [0.3, 0.4) is 0 Å². The Labute approximate surface area is 237 Å². The summed E-state index contributed by atoms with van der Waals surface area (Å²) in [5, 5.41) is 0. The van der Waals surface area contributed by atoms with Gasteiger partial charge in [0, 0.05) is 13.1 Å². The number of hydrogen-bond acceptors (Lipinski definition) is 6. The van der Waals surface area contributed by atoms with Gasteiger partial charge in [0.1, 0.15) is 23.6 Å². The predicted molar refractivity (Wildman–Crippen MR) is 160 cm³/mol. The lowest BCUT2D eigenvalue weighted by molar-refractivity contribution is 0.0225. The molecule has 0 aromatic heterocycles. The molecule has 214 valence electrons. The van der Waals surface area contributed by atoms with E-state index in [2.05, 4.69) is 13.2 Å². The zero-order valence-electron chi connectivity index (χ0n) is 24.7. The number of benzene rings is 2. The van der Waals surface area contributed by atoms with Crippen LogP contribution in [0.1, 0.15) is 70.2 Å². The lowest BCUT2D eigenvalue weighted by atomic mass is 10.0. The molecule has 8 nitrogen and oxygen atoms in total. The van der Waals surface area contributed by atoms with E-state index in [-0.39, 0.29) is 5.96 Å².